The molecule has 1 aromatic carbocycles. The third kappa shape index (κ3) is 4.66. The van der Waals surface area contributed by atoms with Crippen LogP contribution >= 0.6 is 0 Å². The summed E-state index contributed by atoms with van der Waals surface area (Å²) < 4.78 is 13.0. The van der Waals surface area contributed by atoms with Gasteiger partial charge in [-0.25, -0.2) is 4.98 Å². The van der Waals surface area contributed by atoms with Crippen LogP contribution in [0.2, 0.25) is 0 Å². The molecule has 4 rings (SSSR count). The van der Waals surface area contributed by atoms with E-state index in [0.717, 1.165) is 0 Å². The number of furan rings is 1. The second kappa shape index (κ2) is 8.64. The highest BCUT2D eigenvalue weighted by Gasteiger charge is 2.34. The number of para-hydroxylation sites is 2. The number of carbonyl (C=O) groups excluding carboxylic acids is 2. The van der Waals surface area contributed by atoms with E-state index in [9.17, 15) is 9.59 Å². The summed E-state index contributed by atoms with van der Waals surface area (Å²) >= 11 is 0. The van der Waals surface area contributed by atoms with Crippen LogP contribution in [0, 0.1) is 5.92 Å². The summed E-state index contributed by atoms with van der Waals surface area (Å²) in [6.07, 6.45) is 7.07. The molecule has 3 aromatic rings. The van der Waals surface area contributed by atoms with Gasteiger partial charge in [-0.2, -0.15) is 0 Å². The topological polar surface area (TPSA) is 89.6 Å². The van der Waals surface area contributed by atoms with Crippen molar-refractivity contribution < 1.29 is 18.7 Å². The summed E-state index contributed by atoms with van der Waals surface area (Å²) in [5.74, 6) is 0.655. The van der Waals surface area contributed by atoms with Crippen molar-refractivity contribution in [2.45, 2.75) is 19.5 Å². The number of rotatable bonds is 8. The summed E-state index contributed by atoms with van der Waals surface area (Å²) in [5, 5.41) is 2.91. The summed E-state index contributed by atoms with van der Waals surface area (Å²) in [7, 11) is 0. The molecule has 2 amide bonds. The summed E-state index contributed by atoms with van der Waals surface area (Å²) in [5.41, 5.74) is 0.597. The molecule has 1 atom stereocenters. The Morgan fingerprint density at radius 2 is 2.17 bits per heavy atom. The molecule has 0 saturated carbocycles. The lowest BCUT2D eigenvalue weighted by Gasteiger charge is -2.16. The fraction of sp³-hybridized carbons (Fsp3) is 0.286. The van der Waals surface area contributed by atoms with Crippen molar-refractivity contribution in [1.82, 2.24) is 14.5 Å². The van der Waals surface area contributed by atoms with Crippen LogP contribution in [0.5, 0.6) is 5.75 Å². The molecule has 1 aliphatic heterocycles. The molecule has 8 nitrogen and oxygen atoms in total. The van der Waals surface area contributed by atoms with Crippen molar-refractivity contribution in [3.8, 4) is 5.75 Å². The van der Waals surface area contributed by atoms with Gasteiger partial charge < -0.3 is 23.9 Å². The fourth-order valence-electron chi connectivity index (χ4n) is 3.30. The van der Waals surface area contributed by atoms with E-state index in [1.807, 2.05) is 35.0 Å². The largest absolute Gasteiger partial charge is 0.490 e. The number of likely N-dealkylation sites (tertiary alicyclic amines) is 1. The van der Waals surface area contributed by atoms with Crippen molar-refractivity contribution in [1.29, 1.82) is 0 Å². The Morgan fingerprint density at radius 1 is 1.28 bits per heavy atom. The number of benzene rings is 1. The molecular weight excluding hydrogens is 372 g/mol. The number of aromatic nitrogens is 2. The van der Waals surface area contributed by atoms with Crippen LogP contribution in [0.4, 0.5) is 5.69 Å². The molecule has 29 heavy (non-hydrogen) atoms. The zero-order valence-corrected chi connectivity index (χ0v) is 15.9. The number of anilines is 1. The van der Waals surface area contributed by atoms with Gasteiger partial charge in [0.05, 0.1) is 37.3 Å². The predicted octanol–water partition coefficient (Wildman–Crippen LogP) is 2.54. The first-order valence-corrected chi connectivity index (χ1v) is 9.47. The molecule has 1 N–H and O–H groups in total. The van der Waals surface area contributed by atoms with Gasteiger partial charge >= 0.3 is 0 Å². The average Bonchev–Trinajstić information content (AvgIpc) is 3.47. The third-order valence-electron chi connectivity index (χ3n) is 4.82. The van der Waals surface area contributed by atoms with Crippen LogP contribution in [-0.2, 0) is 22.7 Å². The molecule has 0 aliphatic carbocycles. The lowest BCUT2D eigenvalue weighted by molar-refractivity contribution is -0.128. The number of hydrogen-bond acceptors (Lipinski definition) is 5. The highest BCUT2D eigenvalue weighted by molar-refractivity contribution is 5.98. The van der Waals surface area contributed by atoms with Gasteiger partial charge in [0, 0.05) is 25.4 Å². The number of hydrogen-bond donors (Lipinski definition) is 1. The van der Waals surface area contributed by atoms with Crippen LogP contribution in [0.25, 0.3) is 0 Å². The molecular formula is C21H22N4O4. The number of nitrogens with one attached hydrogen (secondary N) is 1. The van der Waals surface area contributed by atoms with Crippen molar-refractivity contribution >= 4 is 17.5 Å². The molecule has 3 heterocycles. The number of carbonyl (C=O) groups is 2. The second-order valence-electron chi connectivity index (χ2n) is 6.89. The lowest BCUT2D eigenvalue weighted by Crippen LogP contribution is -2.28. The minimum Gasteiger partial charge on any atom is -0.490 e. The minimum absolute atomic E-state index is 0.0496. The number of amides is 2. The Hall–Kier alpha value is -3.55. The number of ether oxygens (including phenoxy) is 1. The monoisotopic (exact) mass is 394 g/mol. The van der Waals surface area contributed by atoms with Crippen LogP contribution in [0.15, 0.2) is 65.8 Å². The maximum absolute atomic E-state index is 12.7. The fourth-order valence-corrected chi connectivity index (χ4v) is 3.30. The SMILES string of the molecule is O=C(Nc1ccccc1OCCn1ccnc1)C1CC(=O)N(Cc2ccco2)C1. The second-order valence-corrected chi connectivity index (χ2v) is 6.89. The van der Waals surface area contributed by atoms with E-state index in [0.29, 0.717) is 43.4 Å². The van der Waals surface area contributed by atoms with E-state index in [4.69, 9.17) is 9.15 Å². The van der Waals surface area contributed by atoms with Gasteiger partial charge in [-0.3, -0.25) is 9.59 Å². The maximum Gasteiger partial charge on any atom is 0.229 e. The molecule has 150 valence electrons. The molecule has 0 spiro atoms. The van der Waals surface area contributed by atoms with Gasteiger partial charge in [0.2, 0.25) is 11.8 Å². The first-order valence-electron chi connectivity index (χ1n) is 9.47. The van der Waals surface area contributed by atoms with Crippen molar-refractivity contribution in [2.24, 2.45) is 5.92 Å². The predicted molar refractivity (Wildman–Crippen MR) is 105 cm³/mol. The lowest BCUT2D eigenvalue weighted by atomic mass is 10.1. The molecule has 1 unspecified atom stereocenters. The van der Waals surface area contributed by atoms with E-state index in [2.05, 4.69) is 10.3 Å². The van der Waals surface area contributed by atoms with Crippen LogP contribution < -0.4 is 10.1 Å². The quantitative estimate of drug-likeness (QED) is 0.634. The summed E-state index contributed by atoms with van der Waals surface area (Å²) in [4.78, 5) is 30.6. The van der Waals surface area contributed by atoms with Gasteiger partial charge in [-0.1, -0.05) is 12.1 Å². The third-order valence-corrected chi connectivity index (χ3v) is 4.82. The maximum atomic E-state index is 12.7. The number of nitrogens with zero attached hydrogens (tertiary/aromatic N) is 3. The van der Waals surface area contributed by atoms with Gasteiger partial charge in [0.25, 0.3) is 0 Å². The molecule has 1 saturated heterocycles. The van der Waals surface area contributed by atoms with E-state index in [1.54, 1.807) is 35.8 Å². The first-order chi connectivity index (χ1) is 14.2. The Bertz CT molecular complexity index is 953. The standard InChI is InChI=1S/C21H22N4O4/c26-20-12-16(13-25(20)14-17-4-3-10-28-17)21(27)23-18-5-1-2-6-19(18)29-11-9-24-8-7-22-15-24/h1-8,10,15-16H,9,11-14H2,(H,23,27). The normalized spacial score (nSPS) is 16.2. The summed E-state index contributed by atoms with van der Waals surface area (Å²) in [6, 6.07) is 10.9. The highest BCUT2D eigenvalue weighted by atomic mass is 16.5. The first kappa shape index (κ1) is 18.8. The Labute approximate surface area is 168 Å². The molecule has 8 heteroatoms. The van der Waals surface area contributed by atoms with Crippen molar-refractivity contribution in [3.63, 3.8) is 0 Å². The van der Waals surface area contributed by atoms with Gasteiger partial charge in [0.1, 0.15) is 18.1 Å². The zero-order chi connectivity index (χ0) is 20.1. The van der Waals surface area contributed by atoms with E-state index >= 15 is 0 Å². The van der Waals surface area contributed by atoms with E-state index in [-0.39, 0.29) is 18.2 Å². The smallest absolute Gasteiger partial charge is 0.229 e. The Balaban J connectivity index is 1.34. The minimum atomic E-state index is -0.406. The van der Waals surface area contributed by atoms with Gasteiger partial charge in [0.15, 0.2) is 0 Å². The molecule has 2 aromatic heterocycles. The molecule has 0 bridgehead atoms. The van der Waals surface area contributed by atoms with Crippen LogP contribution in [-0.4, -0.2) is 39.4 Å². The highest BCUT2D eigenvalue weighted by Crippen LogP contribution is 2.27. The van der Waals surface area contributed by atoms with Gasteiger partial charge in [-0.05, 0) is 24.3 Å². The average molecular weight is 394 g/mol. The number of imidazole rings is 1. The van der Waals surface area contributed by atoms with E-state index < -0.39 is 5.92 Å². The van der Waals surface area contributed by atoms with Gasteiger partial charge in [-0.15, -0.1) is 0 Å². The van der Waals surface area contributed by atoms with Crippen LogP contribution in [0.3, 0.4) is 0 Å². The Morgan fingerprint density at radius 3 is 2.97 bits per heavy atom. The van der Waals surface area contributed by atoms with E-state index in [1.165, 1.54) is 0 Å². The Kier molecular flexibility index (Phi) is 5.60. The molecule has 1 fully saturated rings. The molecule has 1 aliphatic rings. The van der Waals surface area contributed by atoms with Crippen LogP contribution in [0.1, 0.15) is 12.2 Å². The zero-order valence-electron chi connectivity index (χ0n) is 15.9. The van der Waals surface area contributed by atoms with Crippen molar-refractivity contribution in [3.05, 3.63) is 67.1 Å². The summed E-state index contributed by atoms with van der Waals surface area (Å²) in [6.45, 7) is 1.85. The molecule has 0 radical (unpaired) electrons. The van der Waals surface area contributed by atoms with Crippen molar-refractivity contribution in [2.75, 3.05) is 18.5 Å².